The maximum atomic E-state index is 12.0. The number of piperazine rings is 1. The number of amides is 1. The maximum Gasteiger partial charge on any atom is 0.471 e. The van der Waals surface area contributed by atoms with Gasteiger partial charge < -0.3 is 10.1 Å². The predicted molar refractivity (Wildman–Crippen MR) is 68.6 cm³/mol. The van der Waals surface area contributed by atoms with Crippen LogP contribution in [0.25, 0.3) is 0 Å². The van der Waals surface area contributed by atoms with Crippen LogP contribution in [0.2, 0.25) is 0 Å². The van der Waals surface area contributed by atoms with Crippen LogP contribution >= 0.6 is 0 Å². The monoisotopic (exact) mass is 311 g/mol. The normalized spacial score (nSPS) is 17.5. The summed E-state index contributed by atoms with van der Waals surface area (Å²) in [6.07, 6.45) is -4.83. The molecule has 1 aliphatic rings. The second-order valence-corrected chi connectivity index (χ2v) is 4.68. The van der Waals surface area contributed by atoms with Gasteiger partial charge >= 0.3 is 18.1 Å². The molecule has 0 aromatic heterocycles. The molecule has 9 heteroatoms. The van der Waals surface area contributed by atoms with E-state index < -0.39 is 12.1 Å². The highest BCUT2D eigenvalue weighted by Gasteiger charge is 2.38. The Hall–Kier alpha value is -1.35. The number of alkyl halides is 3. The second kappa shape index (κ2) is 8.18. The predicted octanol–water partition coefficient (Wildman–Crippen LogP) is -0.154. The summed E-state index contributed by atoms with van der Waals surface area (Å²) in [6, 6.07) is 0. The first-order chi connectivity index (χ1) is 9.82. The van der Waals surface area contributed by atoms with Crippen LogP contribution < -0.4 is 5.32 Å². The van der Waals surface area contributed by atoms with Crippen molar-refractivity contribution in [2.24, 2.45) is 0 Å². The Bertz CT molecular complexity index is 355. The fourth-order valence-electron chi connectivity index (χ4n) is 1.99. The lowest BCUT2D eigenvalue weighted by molar-refractivity contribution is -0.173. The van der Waals surface area contributed by atoms with E-state index in [1.54, 1.807) is 6.92 Å². The van der Waals surface area contributed by atoms with Gasteiger partial charge in [-0.25, -0.2) is 0 Å². The highest BCUT2D eigenvalue weighted by molar-refractivity contribution is 5.81. The third-order valence-electron chi connectivity index (χ3n) is 3.09. The van der Waals surface area contributed by atoms with Crippen LogP contribution in [0, 0.1) is 0 Å². The summed E-state index contributed by atoms with van der Waals surface area (Å²) in [5, 5.41) is 1.84. The van der Waals surface area contributed by atoms with E-state index in [0.717, 1.165) is 0 Å². The van der Waals surface area contributed by atoms with Gasteiger partial charge in [0.25, 0.3) is 0 Å². The van der Waals surface area contributed by atoms with Crippen LogP contribution in [0.15, 0.2) is 0 Å². The number of halogens is 3. The molecule has 0 unspecified atom stereocenters. The fourth-order valence-corrected chi connectivity index (χ4v) is 1.99. The molecule has 1 N–H and O–H groups in total. The zero-order valence-corrected chi connectivity index (χ0v) is 11.9. The van der Waals surface area contributed by atoms with Crippen molar-refractivity contribution in [3.05, 3.63) is 0 Å². The van der Waals surface area contributed by atoms with Gasteiger partial charge in [-0.2, -0.15) is 13.2 Å². The molecule has 1 rings (SSSR count). The minimum atomic E-state index is -4.83. The number of esters is 1. The number of carbonyl (C=O) groups excluding carboxylic acids is 2. The zero-order chi connectivity index (χ0) is 15.9. The van der Waals surface area contributed by atoms with Gasteiger partial charge in [0.1, 0.15) is 0 Å². The Kier molecular flexibility index (Phi) is 6.90. The minimum Gasteiger partial charge on any atom is -0.465 e. The smallest absolute Gasteiger partial charge is 0.465 e. The third kappa shape index (κ3) is 6.76. The number of nitrogens with zero attached hydrogens (tertiary/aromatic N) is 2. The lowest BCUT2D eigenvalue weighted by atomic mass is 10.3. The summed E-state index contributed by atoms with van der Waals surface area (Å²) in [5.41, 5.74) is 0. The summed E-state index contributed by atoms with van der Waals surface area (Å²) >= 11 is 0. The number of hydrogen-bond acceptors (Lipinski definition) is 5. The summed E-state index contributed by atoms with van der Waals surface area (Å²) in [7, 11) is 0. The van der Waals surface area contributed by atoms with Crippen LogP contribution in [-0.4, -0.2) is 80.3 Å². The average Bonchev–Trinajstić information content (AvgIpc) is 2.40. The first-order valence-corrected chi connectivity index (χ1v) is 6.78. The van der Waals surface area contributed by atoms with E-state index in [1.165, 1.54) is 0 Å². The van der Waals surface area contributed by atoms with Crippen LogP contribution in [0.1, 0.15) is 6.92 Å². The van der Waals surface area contributed by atoms with E-state index in [0.29, 0.717) is 39.3 Å². The molecule has 0 aromatic carbocycles. The van der Waals surface area contributed by atoms with Crippen molar-refractivity contribution in [1.29, 1.82) is 0 Å². The van der Waals surface area contributed by atoms with E-state index in [9.17, 15) is 22.8 Å². The van der Waals surface area contributed by atoms with Crippen molar-refractivity contribution in [2.45, 2.75) is 13.1 Å². The van der Waals surface area contributed by atoms with Crippen LogP contribution in [0.3, 0.4) is 0 Å². The van der Waals surface area contributed by atoms with E-state index in [-0.39, 0.29) is 19.1 Å². The van der Waals surface area contributed by atoms with Gasteiger partial charge in [-0.05, 0) is 6.92 Å². The topological polar surface area (TPSA) is 61.9 Å². The summed E-state index contributed by atoms with van der Waals surface area (Å²) in [6.45, 7) is 5.20. The number of carbonyl (C=O) groups is 2. The van der Waals surface area contributed by atoms with Crippen LogP contribution in [-0.2, 0) is 14.3 Å². The molecule has 1 fully saturated rings. The molecule has 0 spiro atoms. The van der Waals surface area contributed by atoms with E-state index in [4.69, 9.17) is 4.74 Å². The molecular weight excluding hydrogens is 291 g/mol. The lowest BCUT2D eigenvalue weighted by Crippen LogP contribution is -2.50. The van der Waals surface area contributed by atoms with Gasteiger partial charge in [0.15, 0.2) is 0 Å². The van der Waals surface area contributed by atoms with Gasteiger partial charge in [0.2, 0.25) is 0 Å². The molecule has 0 aliphatic carbocycles. The molecule has 0 radical (unpaired) electrons. The van der Waals surface area contributed by atoms with Crippen molar-refractivity contribution in [2.75, 3.05) is 52.4 Å². The Balaban J connectivity index is 2.16. The third-order valence-corrected chi connectivity index (χ3v) is 3.09. The molecule has 21 heavy (non-hydrogen) atoms. The quantitative estimate of drug-likeness (QED) is 0.691. The van der Waals surface area contributed by atoms with E-state index >= 15 is 0 Å². The Morgan fingerprint density at radius 3 is 2.24 bits per heavy atom. The van der Waals surface area contributed by atoms with Gasteiger partial charge in [-0.3, -0.25) is 19.4 Å². The standard InChI is InChI=1S/C12H20F3N3O3/c1-2-21-10(19)9-18-7-5-17(6-8-18)4-3-16-11(20)12(13,14)15/h2-9H2,1H3,(H,16,20). The summed E-state index contributed by atoms with van der Waals surface area (Å²) < 4.78 is 40.8. The molecular formula is C12H20F3N3O3. The second-order valence-electron chi connectivity index (χ2n) is 4.68. The number of hydrogen-bond donors (Lipinski definition) is 1. The number of nitrogens with one attached hydrogen (secondary N) is 1. The molecule has 6 nitrogen and oxygen atoms in total. The summed E-state index contributed by atoms with van der Waals surface area (Å²) in [4.78, 5) is 25.8. The van der Waals surface area contributed by atoms with Crippen molar-refractivity contribution >= 4 is 11.9 Å². The van der Waals surface area contributed by atoms with Gasteiger partial charge in [0.05, 0.1) is 13.2 Å². The Morgan fingerprint density at radius 1 is 1.14 bits per heavy atom. The fraction of sp³-hybridized carbons (Fsp3) is 0.833. The molecule has 0 bridgehead atoms. The summed E-state index contributed by atoms with van der Waals surface area (Å²) in [5.74, 6) is -2.19. The molecule has 0 atom stereocenters. The molecule has 1 saturated heterocycles. The van der Waals surface area contributed by atoms with Crippen molar-refractivity contribution in [3.63, 3.8) is 0 Å². The largest absolute Gasteiger partial charge is 0.471 e. The molecule has 1 amide bonds. The minimum absolute atomic E-state index is 0.0454. The molecule has 0 saturated carbocycles. The average molecular weight is 311 g/mol. The Labute approximate surface area is 121 Å². The molecule has 1 heterocycles. The highest BCUT2D eigenvalue weighted by atomic mass is 19.4. The van der Waals surface area contributed by atoms with Gasteiger partial charge in [-0.1, -0.05) is 0 Å². The number of ether oxygens (including phenoxy) is 1. The molecule has 1 aliphatic heterocycles. The van der Waals surface area contributed by atoms with E-state index in [2.05, 4.69) is 0 Å². The first-order valence-electron chi connectivity index (χ1n) is 6.78. The van der Waals surface area contributed by atoms with Crippen LogP contribution in [0.4, 0.5) is 13.2 Å². The van der Waals surface area contributed by atoms with Crippen molar-refractivity contribution in [1.82, 2.24) is 15.1 Å². The highest BCUT2D eigenvalue weighted by Crippen LogP contribution is 2.13. The van der Waals surface area contributed by atoms with Gasteiger partial charge in [-0.15, -0.1) is 0 Å². The SMILES string of the molecule is CCOC(=O)CN1CCN(CCNC(=O)C(F)(F)F)CC1. The number of rotatable bonds is 6. The molecule has 0 aromatic rings. The van der Waals surface area contributed by atoms with Crippen molar-refractivity contribution in [3.8, 4) is 0 Å². The molecule has 122 valence electrons. The lowest BCUT2D eigenvalue weighted by Gasteiger charge is -2.34. The Morgan fingerprint density at radius 2 is 1.71 bits per heavy atom. The first kappa shape index (κ1) is 17.7. The maximum absolute atomic E-state index is 12.0. The van der Waals surface area contributed by atoms with Crippen molar-refractivity contribution < 1.29 is 27.5 Å². The van der Waals surface area contributed by atoms with E-state index in [1.807, 2.05) is 15.1 Å². The van der Waals surface area contributed by atoms with Gasteiger partial charge in [0, 0.05) is 39.3 Å². The van der Waals surface area contributed by atoms with Crippen LogP contribution in [0.5, 0.6) is 0 Å². The zero-order valence-electron chi connectivity index (χ0n) is 11.9.